The van der Waals surface area contributed by atoms with Crippen LogP contribution in [-0.4, -0.2) is 16.2 Å². The van der Waals surface area contributed by atoms with Crippen LogP contribution in [-0.2, 0) is 5.41 Å². The first kappa shape index (κ1) is 15.5. The number of phenols is 1. The van der Waals surface area contributed by atoms with Crippen LogP contribution in [0.2, 0.25) is 0 Å². The van der Waals surface area contributed by atoms with Gasteiger partial charge in [-0.2, -0.15) is 0 Å². The SMILES string of the molecule is CC1(c2cc(-c3ccccc3F)cc(C(=O)O)c2O)CCCC1. The Bertz CT molecular complexity index is 761. The molecule has 3 rings (SSSR count). The van der Waals surface area contributed by atoms with Gasteiger partial charge in [-0.1, -0.05) is 38.0 Å². The van der Waals surface area contributed by atoms with Gasteiger partial charge in [-0.15, -0.1) is 0 Å². The van der Waals surface area contributed by atoms with Crippen LogP contribution in [0.15, 0.2) is 36.4 Å². The average molecular weight is 314 g/mol. The summed E-state index contributed by atoms with van der Waals surface area (Å²) in [5.41, 5.74) is 0.997. The van der Waals surface area contributed by atoms with Gasteiger partial charge >= 0.3 is 5.97 Å². The molecular formula is C19H19FO3. The van der Waals surface area contributed by atoms with E-state index in [-0.39, 0.29) is 16.7 Å². The quantitative estimate of drug-likeness (QED) is 0.861. The Morgan fingerprint density at radius 2 is 1.83 bits per heavy atom. The molecule has 0 aromatic heterocycles. The fourth-order valence-corrected chi connectivity index (χ4v) is 3.53. The van der Waals surface area contributed by atoms with Crippen molar-refractivity contribution in [1.82, 2.24) is 0 Å². The normalized spacial score (nSPS) is 16.4. The van der Waals surface area contributed by atoms with Crippen molar-refractivity contribution in [3.05, 3.63) is 53.3 Å². The maximum atomic E-state index is 14.1. The van der Waals surface area contributed by atoms with Crippen LogP contribution >= 0.6 is 0 Å². The molecule has 0 bridgehead atoms. The number of carbonyl (C=O) groups is 1. The van der Waals surface area contributed by atoms with Crippen molar-refractivity contribution in [2.45, 2.75) is 38.0 Å². The van der Waals surface area contributed by atoms with E-state index < -0.39 is 11.8 Å². The summed E-state index contributed by atoms with van der Waals surface area (Å²) < 4.78 is 14.1. The Balaban J connectivity index is 2.24. The zero-order chi connectivity index (χ0) is 16.6. The predicted molar refractivity (Wildman–Crippen MR) is 86.3 cm³/mol. The first-order chi connectivity index (χ1) is 10.9. The number of rotatable bonds is 3. The minimum absolute atomic E-state index is 0.172. The monoisotopic (exact) mass is 314 g/mol. The van der Waals surface area contributed by atoms with Crippen molar-refractivity contribution in [3.8, 4) is 16.9 Å². The molecule has 120 valence electrons. The Morgan fingerprint density at radius 1 is 1.17 bits per heavy atom. The fraction of sp³-hybridized carbons (Fsp3) is 0.316. The van der Waals surface area contributed by atoms with Crippen molar-refractivity contribution >= 4 is 5.97 Å². The van der Waals surface area contributed by atoms with E-state index in [0.29, 0.717) is 16.7 Å². The van der Waals surface area contributed by atoms with E-state index in [1.165, 1.54) is 12.1 Å². The van der Waals surface area contributed by atoms with Gasteiger partial charge in [0.15, 0.2) is 0 Å². The maximum absolute atomic E-state index is 14.1. The Hall–Kier alpha value is -2.36. The number of halogens is 1. The summed E-state index contributed by atoms with van der Waals surface area (Å²) in [6.07, 6.45) is 3.87. The average Bonchev–Trinajstić information content (AvgIpc) is 2.95. The van der Waals surface area contributed by atoms with E-state index in [1.807, 2.05) is 6.92 Å². The van der Waals surface area contributed by atoms with E-state index in [0.717, 1.165) is 25.7 Å². The van der Waals surface area contributed by atoms with Crippen molar-refractivity contribution in [1.29, 1.82) is 0 Å². The number of hydrogen-bond acceptors (Lipinski definition) is 2. The highest BCUT2D eigenvalue weighted by atomic mass is 19.1. The largest absolute Gasteiger partial charge is 0.507 e. The topological polar surface area (TPSA) is 57.5 Å². The number of aromatic carboxylic acids is 1. The van der Waals surface area contributed by atoms with Gasteiger partial charge in [0.05, 0.1) is 0 Å². The van der Waals surface area contributed by atoms with E-state index in [1.54, 1.807) is 24.3 Å². The molecule has 2 aromatic carbocycles. The number of aromatic hydroxyl groups is 1. The fourth-order valence-electron chi connectivity index (χ4n) is 3.53. The molecule has 0 heterocycles. The molecule has 1 aliphatic carbocycles. The third kappa shape index (κ3) is 2.69. The molecule has 0 unspecified atom stereocenters. The molecule has 0 saturated heterocycles. The Labute approximate surface area is 134 Å². The third-order valence-electron chi connectivity index (χ3n) is 4.88. The van der Waals surface area contributed by atoms with Crippen molar-refractivity contribution in [3.63, 3.8) is 0 Å². The van der Waals surface area contributed by atoms with Crippen LogP contribution in [0, 0.1) is 5.82 Å². The van der Waals surface area contributed by atoms with E-state index >= 15 is 0 Å². The molecule has 2 aromatic rings. The van der Waals surface area contributed by atoms with E-state index in [4.69, 9.17) is 0 Å². The van der Waals surface area contributed by atoms with Gasteiger partial charge in [0, 0.05) is 11.1 Å². The van der Waals surface area contributed by atoms with Crippen molar-refractivity contribution in [2.75, 3.05) is 0 Å². The Morgan fingerprint density at radius 3 is 2.43 bits per heavy atom. The lowest BCUT2D eigenvalue weighted by molar-refractivity contribution is 0.0693. The molecule has 3 nitrogen and oxygen atoms in total. The molecule has 0 atom stereocenters. The van der Waals surface area contributed by atoms with Gasteiger partial charge in [-0.3, -0.25) is 0 Å². The highest BCUT2D eigenvalue weighted by Crippen LogP contribution is 2.46. The summed E-state index contributed by atoms with van der Waals surface area (Å²) in [5.74, 6) is -1.80. The first-order valence-electron chi connectivity index (χ1n) is 7.78. The van der Waals surface area contributed by atoms with E-state index in [2.05, 4.69) is 0 Å². The molecule has 0 aliphatic heterocycles. The summed E-state index contributed by atoms with van der Waals surface area (Å²) in [7, 11) is 0. The second-order valence-corrected chi connectivity index (χ2v) is 6.47. The molecule has 1 saturated carbocycles. The van der Waals surface area contributed by atoms with E-state index in [9.17, 15) is 19.4 Å². The molecular weight excluding hydrogens is 295 g/mol. The van der Waals surface area contributed by atoms with Gasteiger partial charge in [0.2, 0.25) is 0 Å². The van der Waals surface area contributed by atoms with Gasteiger partial charge in [-0.25, -0.2) is 9.18 Å². The maximum Gasteiger partial charge on any atom is 0.339 e. The molecule has 4 heteroatoms. The molecule has 0 radical (unpaired) electrons. The van der Waals surface area contributed by atoms with Gasteiger partial charge in [-0.05, 0) is 42.0 Å². The number of carboxylic acid groups (broad SMARTS) is 1. The lowest BCUT2D eigenvalue weighted by Gasteiger charge is -2.26. The number of hydrogen-bond donors (Lipinski definition) is 2. The van der Waals surface area contributed by atoms with Crippen LogP contribution in [0.5, 0.6) is 5.75 Å². The van der Waals surface area contributed by atoms with Crippen LogP contribution < -0.4 is 0 Å². The second kappa shape index (κ2) is 5.69. The minimum atomic E-state index is -1.21. The van der Waals surface area contributed by atoms with Gasteiger partial charge in [0.1, 0.15) is 17.1 Å². The third-order valence-corrected chi connectivity index (χ3v) is 4.88. The number of carboxylic acids is 1. The van der Waals surface area contributed by atoms with Crippen LogP contribution in [0.25, 0.3) is 11.1 Å². The van der Waals surface area contributed by atoms with Gasteiger partial charge in [0.25, 0.3) is 0 Å². The summed E-state index contributed by atoms with van der Waals surface area (Å²) >= 11 is 0. The first-order valence-corrected chi connectivity index (χ1v) is 7.78. The zero-order valence-corrected chi connectivity index (χ0v) is 13.0. The highest BCUT2D eigenvalue weighted by molar-refractivity contribution is 5.93. The number of benzene rings is 2. The molecule has 1 fully saturated rings. The molecule has 0 spiro atoms. The van der Waals surface area contributed by atoms with Crippen LogP contribution in [0.4, 0.5) is 4.39 Å². The summed E-state index contributed by atoms with van der Waals surface area (Å²) in [6.45, 7) is 2.03. The van der Waals surface area contributed by atoms with Crippen molar-refractivity contribution in [2.24, 2.45) is 0 Å². The molecule has 2 N–H and O–H groups in total. The zero-order valence-electron chi connectivity index (χ0n) is 13.0. The molecule has 1 aliphatic rings. The standard InChI is InChI=1S/C19H19FO3/c1-19(8-4-5-9-19)15-11-12(10-14(17(15)21)18(22)23)13-6-2-3-7-16(13)20/h2-3,6-7,10-11,21H,4-5,8-9H2,1H3,(H,22,23). The minimum Gasteiger partial charge on any atom is -0.507 e. The van der Waals surface area contributed by atoms with Crippen LogP contribution in [0.1, 0.15) is 48.5 Å². The summed E-state index contributed by atoms with van der Waals surface area (Å²) in [4.78, 5) is 11.5. The van der Waals surface area contributed by atoms with Crippen molar-refractivity contribution < 1.29 is 19.4 Å². The lowest BCUT2D eigenvalue weighted by Crippen LogP contribution is -2.18. The second-order valence-electron chi connectivity index (χ2n) is 6.47. The van der Waals surface area contributed by atoms with Gasteiger partial charge < -0.3 is 10.2 Å². The summed E-state index contributed by atoms with van der Waals surface area (Å²) in [6, 6.07) is 9.36. The smallest absolute Gasteiger partial charge is 0.339 e. The Kier molecular flexibility index (Phi) is 3.84. The highest BCUT2D eigenvalue weighted by Gasteiger charge is 2.35. The lowest BCUT2D eigenvalue weighted by atomic mass is 9.78. The summed E-state index contributed by atoms with van der Waals surface area (Å²) in [5, 5.41) is 19.9. The molecule has 23 heavy (non-hydrogen) atoms. The predicted octanol–water partition coefficient (Wildman–Crippen LogP) is 4.73. The van der Waals surface area contributed by atoms with Crippen LogP contribution in [0.3, 0.4) is 0 Å². The molecule has 0 amide bonds.